The number of furan rings is 2. The van der Waals surface area contributed by atoms with E-state index in [0.717, 1.165) is 72.1 Å². The summed E-state index contributed by atoms with van der Waals surface area (Å²) in [5.41, 5.74) is 17.7. The highest BCUT2D eigenvalue weighted by molar-refractivity contribution is 6.27. The van der Waals surface area contributed by atoms with Gasteiger partial charge in [-0.3, -0.25) is 0 Å². The van der Waals surface area contributed by atoms with Gasteiger partial charge in [0.2, 0.25) is 0 Å². The average molecular weight is 1100 g/mol. The van der Waals surface area contributed by atoms with E-state index in [0.29, 0.717) is 0 Å². The molecule has 6 aromatic heterocycles. The van der Waals surface area contributed by atoms with E-state index in [4.69, 9.17) is 8.83 Å². The molecular formula is C80H48N4O2. The molecule has 0 unspecified atom stereocenters. The lowest BCUT2D eigenvalue weighted by atomic mass is 10.0. The predicted molar refractivity (Wildman–Crippen MR) is 360 cm³/mol. The average Bonchev–Trinajstić information content (AvgIpc) is 1.83. The molecule has 0 aliphatic rings. The van der Waals surface area contributed by atoms with Gasteiger partial charge in [0.25, 0.3) is 0 Å². The number of hydrogen-bond acceptors (Lipinski definition) is 2. The highest BCUT2D eigenvalue weighted by atomic mass is 16.3. The standard InChI is InChI=1S/2C40H24N2O/c1-2-10-28-25(9-1)17-24-36-38(28)33-23-22-32-31-13-5-8-16-37(31)43-40(32)39(33)42(36)27-20-18-26(19-21-27)41-34-14-6-3-11-29(34)30-12-4-7-15-35(30)41;1-2-10-26-22-37-32(21-25(26)9-1)33-24-40-34(31-13-5-8-16-39(31)43-40)23-38(33)42(37)28-19-17-27(18-20-28)41-35-14-6-3-11-29(35)30-12-4-7-15-36(30)41/h2*1-24H. The first-order chi connectivity index (χ1) is 42.7. The lowest BCUT2D eigenvalue weighted by molar-refractivity contribution is 0.669. The summed E-state index contributed by atoms with van der Waals surface area (Å²) in [6, 6.07) is 105. The van der Waals surface area contributed by atoms with Crippen molar-refractivity contribution in [3.63, 3.8) is 0 Å². The zero-order valence-electron chi connectivity index (χ0n) is 46.3. The van der Waals surface area contributed by atoms with Gasteiger partial charge in [-0.2, -0.15) is 0 Å². The van der Waals surface area contributed by atoms with Crippen LogP contribution in [-0.2, 0) is 0 Å². The molecule has 0 N–H and O–H groups in total. The maximum absolute atomic E-state index is 6.62. The molecule has 6 heteroatoms. The van der Waals surface area contributed by atoms with Gasteiger partial charge in [0.1, 0.15) is 16.7 Å². The van der Waals surface area contributed by atoms with Crippen molar-refractivity contribution in [1.29, 1.82) is 0 Å². The summed E-state index contributed by atoms with van der Waals surface area (Å²) >= 11 is 0. The van der Waals surface area contributed by atoms with Crippen LogP contribution in [0.2, 0.25) is 0 Å². The van der Waals surface area contributed by atoms with Crippen molar-refractivity contribution < 1.29 is 8.83 Å². The zero-order valence-corrected chi connectivity index (χ0v) is 46.3. The number of para-hydroxylation sites is 6. The fraction of sp³-hybridized carbons (Fsp3) is 0. The summed E-state index contributed by atoms with van der Waals surface area (Å²) in [5.74, 6) is 0. The Morgan fingerprint density at radius 1 is 0.198 bits per heavy atom. The molecule has 0 aliphatic carbocycles. The number of fused-ring (bicyclic) bond motifs is 22. The number of benzene rings is 14. The highest BCUT2D eigenvalue weighted by Gasteiger charge is 2.23. The van der Waals surface area contributed by atoms with E-state index in [1.807, 2.05) is 18.2 Å². The Hall–Kier alpha value is -11.6. The van der Waals surface area contributed by atoms with Crippen LogP contribution in [0.3, 0.4) is 0 Å². The third kappa shape index (κ3) is 6.72. The first kappa shape index (κ1) is 46.9. The third-order valence-electron chi connectivity index (χ3n) is 18.2. The molecule has 0 saturated heterocycles. The van der Waals surface area contributed by atoms with Gasteiger partial charge in [-0.15, -0.1) is 0 Å². The molecule has 0 amide bonds. The monoisotopic (exact) mass is 1100 g/mol. The first-order valence-electron chi connectivity index (χ1n) is 29.4. The van der Waals surface area contributed by atoms with E-state index >= 15 is 0 Å². The molecule has 20 aromatic rings. The summed E-state index contributed by atoms with van der Waals surface area (Å²) in [5, 5.41) is 19.5. The Kier molecular flexibility index (Phi) is 9.80. The molecule has 0 atom stereocenters. The summed E-state index contributed by atoms with van der Waals surface area (Å²) < 4.78 is 22.5. The van der Waals surface area contributed by atoms with Crippen molar-refractivity contribution in [2.24, 2.45) is 0 Å². The number of rotatable bonds is 4. The van der Waals surface area contributed by atoms with Crippen LogP contribution < -0.4 is 0 Å². The minimum atomic E-state index is 0.911. The van der Waals surface area contributed by atoms with Gasteiger partial charge < -0.3 is 27.1 Å². The van der Waals surface area contributed by atoms with Crippen molar-refractivity contribution in [2.75, 3.05) is 0 Å². The van der Waals surface area contributed by atoms with Crippen LogP contribution in [0, 0.1) is 0 Å². The second-order valence-corrected chi connectivity index (χ2v) is 22.7. The minimum absolute atomic E-state index is 0.911. The molecule has 6 nitrogen and oxygen atoms in total. The second kappa shape index (κ2) is 18.0. The first-order valence-corrected chi connectivity index (χ1v) is 29.4. The van der Waals surface area contributed by atoms with Crippen molar-refractivity contribution in [3.05, 3.63) is 291 Å². The lowest BCUT2D eigenvalue weighted by Crippen LogP contribution is -1.97. The Balaban J connectivity index is 0.000000126. The molecule has 14 aromatic carbocycles. The molecule has 0 saturated carbocycles. The Morgan fingerprint density at radius 2 is 0.605 bits per heavy atom. The van der Waals surface area contributed by atoms with Crippen molar-refractivity contribution in [3.8, 4) is 22.7 Å². The van der Waals surface area contributed by atoms with E-state index in [2.05, 4.69) is 291 Å². The fourth-order valence-corrected chi connectivity index (χ4v) is 14.4. The second-order valence-electron chi connectivity index (χ2n) is 22.7. The van der Waals surface area contributed by atoms with Crippen LogP contribution in [0.5, 0.6) is 0 Å². The van der Waals surface area contributed by atoms with Crippen molar-refractivity contribution in [2.45, 2.75) is 0 Å². The smallest absolute Gasteiger partial charge is 0.160 e. The molecule has 0 spiro atoms. The molecule has 86 heavy (non-hydrogen) atoms. The highest BCUT2D eigenvalue weighted by Crippen LogP contribution is 2.45. The zero-order chi connectivity index (χ0) is 56.1. The Labute approximate surface area is 491 Å². The van der Waals surface area contributed by atoms with Crippen LogP contribution in [0.15, 0.2) is 300 Å². The van der Waals surface area contributed by atoms with E-state index in [1.54, 1.807) is 0 Å². The van der Waals surface area contributed by atoms with Crippen molar-refractivity contribution >= 4 is 153 Å². The molecular weight excluding hydrogens is 1050 g/mol. The van der Waals surface area contributed by atoms with Crippen LogP contribution in [0.4, 0.5) is 0 Å². The lowest BCUT2D eigenvalue weighted by Gasteiger charge is -2.12. The molecule has 0 bridgehead atoms. The van der Waals surface area contributed by atoms with Crippen LogP contribution in [0.1, 0.15) is 0 Å². The molecule has 0 aliphatic heterocycles. The summed E-state index contributed by atoms with van der Waals surface area (Å²) in [7, 11) is 0. The van der Waals surface area contributed by atoms with Gasteiger partial charge in [-0.25, -0.2) is 0 Å². The van der Waals surface area contributed by atoms with Crippen LogP contribution in [-0.4, -0.2) is 18.3 Å². The minimum Gasteiger partial charge on any atom is -0.456 e. The normalized spacial score (nSPS) is 12.2. The molecule has 400 valence electrons. The summed E-state index contributed by atoms with van der Waals surface area (Å²) in [6.45, 7) is 0. The topological polar surface area (TPSA) is 46.0 Å². The number of hydrogen-bond donors (Lipinski definition) is 0. The number of nitrogens with zero attached hydrogens (tertiary/aromatic N) is 4. The Bertz CT molecular complexity index is 6090. The van der Waals surface area contributed by atoms with E-state index in [9.17, 15) is 0 Å². The fourth-order valence-electron chi connectivity index (χ4n) is 14.4. The Morgan fingerprint density at radius 3 is 1.17 bits per heavy atom. The third-order valence-corrected chi connectivity index (χ3v) is 18.2. The van der Waals surface area contributed by atoms with Crippen LogP contribution in [0.25, 0.3) is 175 Å². The van der Waals surface area contributed by atoms with Gasteiger partial charge >= 0.3 is 0 Å². The molecule has 0 fully saturated rings. The largest absolute Gasteiger partial charge is 0.456 e. The maximum atomic E-state index is 6.62. The quantitative estimate of drug-likeness (QED) is 0.176. The SMILES string of the molecule is c1ccc2c(c1)ccc1c2c2ccc3c4ccccc4oc3c2n1-c1ccc(-n2c3ccccc3c3ccccc32)cc1.c1ccc2cc3c(cc2c1)c1cc2oc4ccccc4c2cc1n3-c1ccc(-n2c3ccccc3c3ccccc32)cc1. The summed E-state index contributed by atoms with van der Waals surface area (Å²) in [6.07, 6.45) is 0. The predicted octanol–water partition coefficient (Wildman–Crippen LogP) is 21.9. The summed E-state index contributed by atoms with van der Waals surface area (Å²) in [4.78, 5) is 0. The maximum Gasteiger partial charge on any atom is 0.160 e. The van der Waals surface area contributed by atoms with E-state index < -0.39 is 0 Å². The molecule has 20 rings (SSSR count). The van der Waals surface area contributed by atoms with Gasteiger partial charge in [-0.1, -0.05) is 170 Å². The van der Waals surface area contributed by atoms with Gasteiger partial charge in [0.15, 0.2) is 5.58 Å². The molecule has 6 heterocycles. The van der Waals surface area contributed by atoms with Crippen LogP contribution >= 0.6 is 0 Å². The van der Waals surface area contributed by atoms with E-state index in [1.165, 1.54) is 103 Å². The van der Waals surface area contributed by atoms with Gasteiger partial charge in [-0.05, 0) is 143 Å². The van der Waals surface area contributed by atoms with Gasteiger partial charge in [0.05, 0.1) is 44.1 Å². The molecule has 0 radical (unpaired) electrons. The van der Waals surface area contributed by atoms with E-state index in [-0.39, 0.29) is 0 Å². The van der Waals surface area contributed by atoms with Crippen molar-refractivity contribution in [1.82, 2.24) is 18.3 Å². The van der Waals surface area contributed by atoms with Gasteiger partial charge in [0, 0.05) is 87.4 Å². The number of aromatic nitrogens is 4.